The molecule has 1 aromatic rings. The Bertz CT molecular complexity index is 669. The molecule has 0 aliphatic carbocycles. The van der Waals surface area contributed by atoms with Crippen LogP contribution in [0.5, 0.6) is 0 Å². The smallest absolute Gasteiger partial charge is 0.338 e. The van der Waals surface area contributed by atoms with E-state index in [-0.39, 0.29) is 10.5 Å². The molecular formula is C16H24N2O5S. The maximum absolute atomic E-state index is 12.5. The van der Waals surface area contributed by atoms with Gasteiger partial charge in [0.2, 0.25) is 10.0 Å². The highest BCUT2D eigenvalue weighted by atomic mass is 32.2. The first-order valence-corrected chi connectivity index (χ1v) is 9.34. The van der Waals surface area contributed by atoms with Crippen LogP contribution in [-0.2, 0) is 19.6 Å². The van der Waals surface area contributed by atoms with E-state index in [9.17, 15) is 18.0 Å². The highest BCUT2D eigenvalue weighted by Gasteiger charge is 2.22. The molecule has 24 heavy (non-hydrogen) atoms. The lowest BCUT2D eigenvalue weighted by molar-refractivity contribution is -0.124. The van der Waals surface area contributed by atoms with Gasteiger partial charge in [-0.3, -0.25) is 4.79 Å². The first-order valence-electron chi connectivity index (χ1n) is 7.90. The lowest BCUT2D eigenvalue weighted by Crippen LogP contribution is -2.31. The predicted molar refractivity (Wildman–Crippen MR) is 90.1 cm³/mol. The third kappa shape index (κ3) is 5.31. The molecule has 0 unspecified atom stereocenters. The molecule has 1 rings (SSSR count). The van der Waals surface area contributed by atoms with Crippen LogP contribution in [0.15, 0.2) is 29.2 Å². The number of sulfonamides is 1. The van der Waals surface area contributed by atoms with Crippen molar-refractivity contribution in [1.82, 2.24) is 9.62 Å². The molecule has 1 amide bonds. The summed E-state index contributed by atoms with van der Waals surface area (Å²) in [6.45, 7) is 6.19. The van der Waals surface area contributed by atoms with Gasteiger partial charge in [-0.25, -0.2) is 13.2 Å². The minimum Gasteiger partial charge on any atom is -0.452 e. The summed E-state index contributed by atoms with van der Waals surface area (Å²) in [6.07, 6.45) is 0.783. The van der Waals surface area contributed by atoms with E-state index in [1.54, 1.807) is 13.8 Å². The van der Waals surface area contributed by atoms with Gasteiger partial charge in [0.1, 0.15) is 0 Å². The van der Waals surface area contributed by atoms with Gasteiger partial charge in [0.15, 0.2) is 6.61 Å². The highest BCUT2D eigenvalue weighted by Crippen LogP contribution is 2.17. The van der Waals surface area contributed by atoms with E-state index < -0.39 is 28.5 Å². The maximum atomic E-state index is 12.5. The standard InChI is InChI=1S/C16H24N2O5S/c1-4-10-17-15(19)12-23-16(20)13-8-7-9-14(11-13)24(21,22)18(5-2)6-3/h7-9,11H,4-6,10,12H2,1-3H3,(H,17,19). The molecule has 0 saturated heterocycles. The number of benzene rings is 1. The van der Waals surface area contributed by atoms with Crippen molar-refractivity contribution in [2.75, 3.05) is 26.2 Å². The molecule has 7 nitrogen and oxygen atoms in total. The average molecular weight is 356 g/mol. The summed E-state index contributed by atoms with van der Waals surface area (Å²) >= 11 is 0. The average Bonchev–Trinajstić information content (AvgIpc) is 2.58. The number of carbonyl (C=O) groups excluding carboxylic acids is 2. The number of nitrogens with zero attached hydrogens (tertiary/aromatic N) is 1. The Balaban J connectivity index is 2.85. The Morgan fingerprint density at radius 2 is 1.83 bits per heavy atom. The lowest BCUT2D eigenvalue weighted by Gasteiger charge is -2.18. The summed E-state index contributed by atoms with van der Waals surface area (Å²) < 4.78 is 31.1. The second kappa shape index (κ2) is 9.39. The number of hydrogen-bond donors (Lipinski definition) is 1. The minimum absolute atomic E-state index is 0.0242. The van der Waals surface area contributed by atoms with Crippen LogP contribution in [0.4, 0.5) is 0 Å². The van der Waals surface area contributed by atoms with Gasteiger partial charge >= 0.3 is 5.97 Å². The fraction of sp³-hybridized carbons (Fsp3) is 0.500. The van der Waals surface area contributed by atoms with E-state index in [1.165, 1.54) is 28.6 Å². The maximum Gasteiger partial charge on any atom is 0.338 e. The molecule has 0 spiro atoms. The van der Waals surface area contributed by atoms with E-state index in [0.717, 1.165) is 6.42 Å². The van der Waals surface area contributed by atoms with Gasteiger partial charge in [0.25, 0.3) is 5.91 Å². The number of amides is 1. The Labute approximate surface area is 143 Å². The fourth-order valence-corrected chi connectivity index (χ4v) is 3.53. The second-order valence-corrected chi connectivity index (χ2v) is 6.98. The van der Waals surface area contributed by atoms with Gasteiger partial charge in [-0.05, 0) is 24.6 Å². The monoisotopic (exact) mass is 356 g/mol. The lowest BCUT2D eigenvalue weighted by atomic mass is 10.2. The molecule has 0 aromatic heterocycles. The Hall–Kier alpha value is -1.93. The molecule has 0 saturated carbocycles. The summed E-state index contributed by atoms with van der Waals surface area (Å²) in [5.41, 5.74) is 0.0894. The zero-order valence-electron chi connectivity index (χ0n) is 14.2. The molecule has 1 N–H and O–H groups in total. The van der Waals surface area contributed by atoms with E-state index in [1.807, 2.05) is 6.92 Å². The summed E-state index contributed by atoms with van der Waals surface area (Å²) in [4.78, 5) is 23.5. The molecule has 8 heteroatoms. The molecule has 0 atom stereocenters. The van der Waals surface area contributed by atoms with Crippen molar-refractivity contribution >= 4 is 21.9 Å². The van der Waals surface area contributed by atoms with Crippen LogP contribution in [-0.4, -0.2) is 50.8 Å². The topological polar surface area (TPSA) is 92.8 Å². The highest BCUT2D eigenvalue weighted by molar-refractivity contribution is 7.89. The first-order chi connectivity index (χ1) is 11.4. The Kier molecular flexibility index (Phi) is 7.87. The molecule has 134 valence electrons. The number of rotatable bonds is 9. The van der Waals surface area contributed by atoms with E-state index in [0.29, 0.717) is 19.6 Å². The fourth-order valence-electron chi connectivity index (χ4n) is 2.03. The largest absolute Gasteiger partial charge is 0.452 e. The van der Waals surface area contributed by atoms with Crippen LogP contribution >= 0.6 is 0 Å². The van der Waals surface area contributed by atoms with Gasteiger partial charge in [0, 0.05) is 19.6 Å². The van der Waals surface area contributed by atoms with Crippen molar-refractivity contribution in [3.05, 3.63) is 29.8 Å². The van der Waals surface area contributed by atoms with Crippen molar-refractivity contribution in [3.63, 3.8) is 0 Å². The predicted octanol–water partition coefficient (Wildman–Crippen LogP) is 1.40. The van der Waals surface area contributed by atoms with Crippen molar-refractivity contribution in [2.24, 2.45) is 0 Å². The van der Waals surface area contributed by atoms with E-state index in [2.05, 4.69) is 5.32 Å². The molecule has 0 radical (unpaired) electrons. The molecule has 0 heterocycles. The molecular weight excluding hydrogens is 332 g/mol. The summed E-state index contributed by atoms with van der Waals surface area (Å²) in [5.74, 6) is -1.13. The zero-order valence-corrected chi connectivity index (χ0v) is 15.1. The molecule has 0 bridgehead atoms. The third-order valence-electron chi connectivity index (χ3n) is 3.32. The van der Waals surface area contributed by atoms with Crippen LogP contribution in [0, 0.1) is 0 Å². The minimum atomic E-state index is -3.65. The number of carbonyl (C=O) groups is 2. The van der Waals surface area contributed by atoms with Crippen molar-refractivity contribution in [3.8, 4) is 0 Å². The Morgan fingerprint density at radius 1 is 1.17 bits per heavy atom. The summed E-state index contributed by atoms with van der Waals surface area (Å²) in [7, 11) is -3.65. The number of nitrogens with one attached hydrogen (secondary N) is 1. The van der Waals surface area contributed by atoms with Gasteiger partial charge < -0.3 is 10.1 Å². The molecule has 0 aliphatic heterocycles. The Morgan fingerprint density at radius 3 is 2.42 bits per heavy atom. The first kappa shape index (κ1) is 20.1. The van der Waals surface area contributed by atoms with Crippen LogP contribution < -0.4 is 5.32 Å². The molecule has 1 aromatic carbocycles. The van der Waals surface area contributed by atoms with Gasteiger partial charge in [-0.15, -0.1) is 0 Å². The van der Waals surface area contributed by atoms with Crippen molar-refractivity contribution in [1.29, 1.82) is 0 Å². The van der Waals surface area contributed by atoms with Crippen LogP contribution in [0.3, 0.4) is 0 Å². The van der Waals surface area contributed by atoms with Crippen molar-refractivity contribution < 1.29 is 22.7 Å². The second-order valence-electron chi connectivity index (χ2n) is 5.04. The molecule has 0 aliphatic rings. The number of hydrogen-bond acceptors (Lipinski definition) is 5. The van der Waals surface area contributed by atoms with Crippen molar-refractivity contribution in [2.45, 2.75) is 32.1 Å². The third-order valence-corrected chi connectivity index (χ3v) is 5.37. The zero-order chi connectivity index (χ0) is 18.2. The number of ether oxygens (including phenoxy) is 1. The van der Waals surface area contributed by atoms with Gasteiger partial charge in [-0.2, -0.15) is 4.31 Å². The van der Waals surface area contributed by atoms with Gasteiger partial charge in [0.05, 0.1) is 10.5 Å². The normalized spacial score (nSPS) is 11.3. The van der Waals surface area contributed by atoms with Crippen LogP contribution in [0.1, 0.15) is 37.6 Å². The summed E-state index contributed by atoms with van der Waals surface area (Å²) in [5, 5.41) is 2.59. The van der Waals surface area contributed by atoms with Gasteiger partial charge in [-0.1, -0.05) is 26.8 Å². The SMILES string of the molecule is CCCNC(=O)COC(=O)c1cccc(S(=O)(=O)N(CC)CC)c1. The quantitative estimate of drug-likeness (QED) is 0.675. The van der Waals surface area contributed by atoms with Crippen LogP contribution in [0.2, 0.25) is 0 Å². The number of esters is 1. The summed E-state index contributed by atoms with van der Waals surface area (Å²) in [6, 6.07) is 5.62. The molecule has 0 fully saturated rings. The van der Waals surface area contributed by atoms with E-state index in [4.69, 9.17) is 4.74 Å². The van der Waals surface area contributed by atoms with E-state index >= 15 is 0 Å². The van der Waals surface area contributed by atoms with Crippen LogP contribution in [0.25, 0.3) is 0 Å².